The highest BCUT2D eigenvalue weighted by Gasteiger charge is 2.46. The molecule has 0 aromatic carbocycles. The van der Waals surface area contributed by atoms with Crippen molar-refractivity contribution in [3.63, 3.8) is 0 Å². The summed E-state index contributed by atoms with van der Waals surface area (Å²) in [5, 5.41) is 0. The van der Waals surface area contributed by atoms with Crippen LogP contribution in [0.4, 0.5) is 0 Å². The molecule has 0 N–H and O–H groups in total. The highest BCUT2D eigenvalue weighted by molar-refractivity contribution is 7.69. The molecule has 0 heterocycles. The van der Waals surface area contributed by atoms with Gasteiger partial charge in [-0.2, -0.15) is 0 Å². The van der Waals surface area contributed by atoms with Gasteiger partial charge in [0, 0.05) is 26.4 Å². The lowest BCUT2D eigenvalue weighted by Gasteiger charge is -2.36. The van der Waals surface area contributed by atoms with Crippen LogP contribution < -0.4 is 0 Å². The van der Waals surface area contributed by atoms with Gasteiger partial charge in [0.15, 0.2) is 0 Å². The maximum atomic E-state index is 12.9. The first-order valence-electron chi connectivity index (χ1n) is 9.57. The number of esters is 1. The second-order valence-electron chi connectivity index (χ2n) is 7.97. The molecule has 0 unspecified atom stereocenters. The Kier molecular flexibility index (Phi) is 13.0. The number of ether oxygens (including phenoxy) is 2. The van der Waals surface area contributed by atoms with Crippen LogP contribution in [-0.2, 0) is 23.2 Å². The van der Waals surface area contributed by atoms with Crippen molar-refractivity contribution < 1.29 is 23.2 Å². The standard InChI is InChI=1S/C17H38O5Si4/c1-8-9-15-25(4,5)26(6,7)24(19)23-22-12-10-11-20-13-14-21-17(18)16(2)3/h2,8-15,23H2,1,3-7H3. The molecule has 26 heavy (non-hydrogen) atoms. The predicted molar refractivity (Wildman–Crippen MR) is 117 cm³/mol. The van der Waals surface area contributed by atoms with Gasteiger partial charge in [-0.25, -0.2) is 4.79 Å². The van der Waals surface area contributed by atoms with E-state index < -0.39 is 31.7 Å². The lowest BCUT2D eigenvalue weighted by molar-refractivity contribution is -0.140. The maximum absolute atomic E-state index is 12.9. The van der Waals surface area contributed by atoms with Crippen LogP contribution >= 0.6 is 0 Å². The first-order chi connectivity index (χ1) is 12.1. The Morgan fingerprint density at radius 1 is 1.08 bits per heavy atom. The molecule has 9 heteroatoms. The molecule has 0 bridgehead atoms. The summed E-state index contributed by atoms with van der Waals surface area (Å²) in [6, 6.07) is 1.30. The minimum atomic E-state index is -1.64. The Bertz CT molecular complexity index is 466. The van der Waals surface area contributed by atoms with Crippen molar-refractivity contribution >= 4 is 37.7 Å². The van der Waals surface area contributed by atoms with Gasteiger partial charge < -0.3 is 18.4 Å². The molecular weight excluding hydrogens is 397 g/mol. The second-order valence-corrected chi connectivity index (χ2v) is 36.7. The molecule has 0 amide bonds. The van der Waals surface area contributed by atoms with Crippen LogP contribution in [0.25, 0.3) is 0 Å². The minimum absolute atomic E-state index is 0.242. The van der Waals surface area contributed by atoms with E-state index in [0.29, 0.717) is 25.4 Å². The summed E-state index contributed by atoms with van der Waals surface area (Å²) in [6.45, 7) is 18.7. The highest BCUT2D eigenvalue weighted by Crippen LogP contribution is 2.25. The SMILES string of the molecule is C=C(C)C(=O)OCCOCCCO[SiH2][Si](=O)[Si](C)(C)[Si](C)(C)CCCC. The lowest BCUT2D eigenvalue weighted by Crippen LogP contribution is -2.63. The van der Waals surface area contributed by atoms with Gasteiger partial charge in [-0.05, 0) is 13.3 Å². The molecule has 0 radical (unpaired) electrons. The number of carbonyl (C=O) groups excluding carboxylic acids is 1. The normalized spacial score (nSPS) is 12.5. The van der Waals surface area contributed by atoms with Crippen LogP contribution in [-0.4, -0.2) is 64.1 Å². The van der Waals surface area contributed by atoms with Crippen molar-refractivity contribution in [3.8, 4) is 0 Å². The first-order valence-corrected chi connectivity index (χ1v) is 22.1. The van der Waals surface area contributed by atoms with E-state index in [1.165, 1.54) is 18.9 Å². The summed E-state index contributed by atoms with van der Waals surface area (Å²) in [4.78, 5) is 11.2. The summed E-state index contributed by atoms with van der Waals surface area (Å²) in [5.74, 6) is -0.384. The van der Waals surface area contributed by atoms with Gasteiger partial charge in [0.05, 0.1) is 13.7 Å². The van der Waals surface area contributed by atoms with Gasteiger partial charge in [-0.15, -0.1) is 0 Å². The number of rotatable bonds is 15. The van der Waals surface area contributed by atoms with Crippen LogP contribution in [0.15, 0.2) is 12.2 Å². The van der Waals surface area contributed by atoms with Crippen LogP contribution in [0.5, 0.6) is 0 Å². The second kappa shape index (κ2) is 13.1. The van der Waals surface area contributed by atoms with Crippen molar-refractivity contribution in [1.29, 1.82) is 0 Å². The minimum Gasteiger partial charge on any atom is -0.460 e. The Labute approximate surface area is 164 Å². The fraction of sp³-hybridized carbons (Fsp3) is 0.824. The van der Waals surface area contributed by atoms with Crippen LogP contribution in [0.3, 0.4) is 0 Å². The molecule has 0 aliphatic heterocycles. The third-order valence-electron chi connectivity index (χ3n) is 5.16. The zero-order chi connectivity index (χ0) is 20.2. The van der Waals surface area contributed by atoms with E-state index in [-0.39, 0.29) is 12.6 Å². The Hall–Kier alpha value is -0.202. The number of carbonyl (C=O) groups is 1. The van der Waals surface area contributed by atoms with Crippen LogP contribution in [0, 0.1) is 0 Å². The molecule has 0 fully saturated rings. The van der Waals surface area contributed by atoms with Gasteiger partial charge in [0.25, 0.3) is 7.72 Å². The largest absolute Gasteiger partial charge is 0.460 e. The zero-order valence-corrected chi connectivity index (χ0v) is 22.0. The molecule has 0 aromatic heterocycles. The van der Waals surface area contributed by atoms with E-state index in [0.717, 1.165) is 6.42 Å². The van der Waals surface area contributed by atoms with Crippen LogP contribution in [0.1, 0.15) is 33.1 Å². The Balaban J connectivity index is 3.88. The average molecular weight is 435 g/mol. The first kappa shape index (κ1) is 25.8. The summed E-state index contributed by atoms with van der Waals surface area (Å²) < 4.78 is 29.1. The fourth-order valence-electron chi connectivity index (χ4n) is 2.34. The van der Waals surface area contributed by atoms with Gasteiger partial charge in [-0.1, -0.05) is 58.6 Å². The molecule has 0 atom stereocenters. The van der Waals surface area contributed by atoms with Crippen molar-refractivity contribution in [3.05, 3.63) is 12.2 Å². The Morgan fingerprint density at radius 3 is 2.31 bits per heavy atom. The summed E-state index contributed by atoms with van der Waals surface area (Å²) in [7, 11) is -5.45. The molecule has 5 nitrogen and oxygen atoms in total. The Morgan fingerprint density at radius 2 is 1.73 bits per heavy atom. The summed E-state index contributed by atoms with van der Waals surface area (Å²) in [5.41, 5.74) is 0.394. The number of hydrogen-bond donors (Lipinski definition) is 0. The van der Waals surface area contributed by atoms with Crippen molar-refractivity contribution in [2.75, 3.05) is 26.4 Å². The molecule has 0 saturated heterocycles. The zero-order valence-electron chi connectivity index (χ0n) is 17.6. The molecule has 0 aliphatic rings. The van der Waals surface area contributed by atoms with Gasteiger partial charge >= 0.3 is 5.97 Å². The molecule has 0 saturated carbocycles. The third-order valence-corrected chi connectivity index (χ3v) is 49.8. The summed E-state index contributed by atoms with van der Waals surface area (Å²) >= 11 is 0. The van der Waals surface area contributed by atoms with Gasteiger partial charge in [0.1, 0.15) is 6.61 Å². The maximum Gasteiger partial charge on any atom is 0.333 e. The quantitative estimate of drug-likeness (QED) is 0.172. The molecule has 0 aromatic rings. The molecular formula is C17H38O5Si4. The summed E-state index contributed by atoms with van der Waals surface area (Å²) in [6.07, 6.45) is 3.28. The van der Waals surface area contributed by atoms with E-state index in [1.54, 1.807) is 6.92 Å². The predicted octanol–water partition coefficient (Wildman–Crippen LogP) is 2.91. The van der Waals surface area contributed by atoms with Gasteiger partial charge in [0.2, 0.25) is 9.28 Å². The van der Waals surface area contributed by atoms with E-state index in [9.17, 15) is 9.26 Å². The third kappa shape index (κ3) is 9.65. The topological polar surface area (TPSA) is 61.8 Å². The van der Waals surface area contributed by atoms with Gasteiger partial charge in [-0.3, -0.25) is 0 Å². The average Bonchev–Trinajstić information content (AvgIpc) is 2.57. The van der Waals surface area contributed by atoms with E-state index >= 15 is 0 Å². The molecule has 152 valence electrons. The van der Waals surface area contributed by atoms with Crippen molar-refractivity contribution in [1.82, 2.24) is 0 Å². The van der Waals surface area contributed by atoms with E-state index in [2.05, 4.69) is 39.7 Å². The monoisotopic (exact) mass is 434 g/mol. The van der Waals surface area contributed by atoms with E-state index in [1.807, 2.05) is 0 Å². The highest BCUT2D eigenvalue weighted by atomic mass is 29.8. The van der Waals surface area contributed by atoms with Crippen LogP contribution in [0.2, 0.25) is 32.2 Å². The molecule has 0 aliphatic carbocycles. The van der Waals surface area contributed by atoms with Crippen molar-refractivity contribution in [2.24, 2.45) is 0 Å². The molecule has 0 spiro atoms. The lowest BCUT2D eigenvalue weighted by atomic mass is 10.4. The number of hydrogen-bond acceptors (Lipinski definition) is 5. The van der Waals surface area contributed by atoms with E-state index in [4.69, 9.17) is 13.9 Å². The number of unbranched alkanes of at least 4 members (excludes halogenated alkanes) is 1. The molecule has 0 rings (SSSR count). The van der Waals surface area contributed by atoms with Crippen molar-refractivity contribution in [2.45, 2.75) is 65.3 Å². The smallest absolute Gasteiger partial charge is 0.333 e. The fourth-order valence-corrected chi connectivity index (χ4v) is 39.5.